The van der Waals surface area contributed by atoms with Crippen molar-refractivity contribution in [3.8, 4) is 5.75 Å². The van der Waals surface area contributed by atoms with Crippen LogP contribution in [0.3, 0.4) is 0 Å². The number of para-hydroxylation sites is 1. The molecule has 21 heavy (non-hydrogen) atoms. The highest BCUT2D eigenvalue weighted by Gasteiger charge is 2.07. The van der Waals surface area contributed by atoms with E-state index < -0.39 is 0 Å². The van der Waals surface area contributed by atoms with Gasteiger partial charge < -0.3 is 10.1 Å². The van der Waals surface area contributed by atoms with Crippen LogP contribution in [0.25, 0.3) is 0 Å². The summed E-state index contributed by atoms with van der Waals surface area (Å²) in [6.45, 7) is 7.40. The fourth-order valence-corrected chi connectivity index (χ4v) is 2.13. The first-order valence-electron chi connectivity index (χ1n) is 7.45. The smallest absolute Gasteiger partial charge is 0.243 e. The van der Waals surface area contributed by atoms with Gasteiger partial charge in [-0.05, 0) is 25.8 Å². The zero-order chi connectivity index (χ0) is 15.1. The van der Waals surface area contributed by atoms with Crippen molar-refractivity contribution in [2.24, 2.45) is 0 Å². The van der Waals surface area contributed by atoms with E-state index >= 15 is 0 Å². The molecule has 0 spiro atoms. The van der Waals surface area contributed by atoms with E-state index in [1.807, 2.05) is 31.2 Å². The number of hydrogen-bond acceptors (Lipinski definition) is 5. The summed E-state index contributed by atoms with van der Waals surface area (Å²) in [6.07, 6.45) is 1.72. The van der Waals surface area contributed by atoms with Crippen molar-refractivity contribution in [2.75, 3.05) is 11.9 Å². The zero-order valence-corrected chi connectivity index (χ0v) is 12.9. The monoisotopic (exact) mass is 286 g/mol. The number of ether oxygens (including phenoxy) is 1. The fraction of sp³-hybridized carbons (Fsp3) is 0.438. The maximum Gasteiger partial charge on any atom is 0.243 e. The Kier molecular flexibility index (Phi) is 5.49. The van der Waals surface area contributed by atoms with Gasteiger partial charge in [-0.15, -0.1) is 5.10 Å². The molecular weight excluding hydrogens is 264 g/mol. The van der Waals surface area contributed by atoms with Crippen LogP contribution in [0.5, 0.6) is 5.75 Å². The van der Waals surface area contributed by atoms with Crippen molar-refractivity contribution < 1.29 is 4.74 Å². The Morgan fingerprint density at radius 2 is 1.76 bits per heavy atom. The molecule has 5 heteroatoms. The van der Waals surface area contributed by atoms with Gasteiger partial charge in [-0.1, -0.05) is 32.0 Å². The Bertz CT molecular complexity index is 586. The first-order chi connectivity index (χ1) is 10.3. The first-order valence-corrected chi connectivity index (χ1v) is 7.45. The minimum atomic E-state index is 0.565. The van der Waals surface area contributed by atoms with Gasteiger partial charge in [0.25, 0.3) is 0 Å². The topological polar surface area (TPSA) is 59.9 Å². The molecule has 0 bridgehead atoms. The highest BCUT2D eigenvalue weighted by molar-refractivity contribution is 5.37. The molecule has 1 aromatic carbocycles. The normalized spacial score (nSPS) is 10.4. The van der Waals surface area contributed by atoms with E-state index in [0.717, 1.165) is 35.5 Å². The van der Waals surface area contributed by atoms with Crippen molar-refractivity contribution >= 4 is 5.95 Å². The van der Waals surface area contributed by atoms with Crippen LogP contribution in [0, 0.1) is 0 Å². The van der Waals surface area contributed by atoms with Crippen molar-refractivity contribution in [3.05, 3.63) is 41.2 Å². The predicted molar refractivity (Wildman–Crippen MR) is 83.5 cm³/mol. The van der Waals surface area contributed by atoms with Crippen LogP contribution in [0.1, 0.15) is 37.7 Å². The molecule has 0 amide bonds. The van der Waals surface area contributed by atoms with E-state index in [2.05, 4.69) is 34.3 Å². The third-order valence-corrected chi connectivity index (χ3v) is 3.22. The van der Waals surface area contributed by atoms with Crippen molar-refractivity contribution in [1.82, 2.24) is 15.2 Å². The molecule has 0 aliphatic carbocycles. The fourth-order valence-electron chi connectivity index (χ4n) is 2.13. The van der Waals surface area contributed by atoms with Gasteiger partial charge in [0.15, 0.2) is 0 Å². The van der Waals surface area contributed by atoms with E-state index in [-0.39, 0.29) is 0 Å². The van der Waals surface area contributed by atoms with Crippen LogP contribution in [-0.2, 0) is 19.4 Å². The summed E-state index contributed by atoms with van der Waals surface area (Å²) in [4.78, 5) is 4.53. The summed E-state index contributed by atoms with van der Waals surface area (Å²) in [5.41, 5.74) is 3.06. The Balaban J connectivity index is 2.09. The molecule has 0 saturated carbocycles. The van der Waals surface area contributed by atoms with Crippen LogP contribution in [0.4, 0.5) is 5.95 Å². The van der Waals surface area contributed by atoms with Crippen LogP contribution >= 0.6 is 0 Å². The standard InChI is InChI=1S/C16H22N4O/c1-4-13-14(5-2)19-20-16(18-13)17-11-12-9-7-8-10-15(12)21-6-3/h7-10H,4-6,11H2,1-3H3,(H,17,18,20). The Labute approximate surface area is 125 Å². The quantitative estimate of drug-likeness (QED) is 0.848. The molecule has 0 aliphatic heterocycles. The number of rotatable bonds is 7. The van der Waals surface area contributed by atoms with Gasteiger partial charge in [-0.3, -0.25) is 0 Å². The molecule has 112 valence electrons. The summed E-state index contributed by atoms with van der Waals surface area (Å²) in [7, 11) is 0. The summed E-state index contributed by atoms with van der Waals surface area (Å²) in [5.74, 6) is 1.46. The van der Waals surface area contributed by atoms with Crippen LogP contribution in [0.2, 0.25) is 0 Å². The lowest BCUT2D eigenvalue weighted by Gasteiger charge is -2.11. The van der Waals surface area contributed by atoms with Crippen LogP contribution < -0.4 is 10.1 Å². The Morgan fingerprint density at radius 3 is 2.48 bits per heavy atom. The molecule has 2 aromatic rings. The van der Waals surface area contributed by atoms with E-state index in [4.69, 9.17) is 4.74 Å². The highest BCUT2D eigenvalue weighted by Crippen LogP contribution is 2.18. The molecule has 1 heterocycles. The van der Waals surface area contributed by atoms with Crippen molar-refractivity contribution in [1.29, 1.82) is 0 Å². The number of benzene rings is 1. The number of nitrogens with one attached hydrogen (secondary N) is 1. The first kappa shape index (κ1) is 15.2. The number of nitrogens with zero attached hydrogens (tertiary/aromatic N) is 3. The van der Waals surface area contributed by atoms with Gasteiger partial charge in [0.05, 0.1) is 18.0 Å². The van der Waals surface area contributed by atoms with E-state index in [0.29, 0.717) is 19.1 Å². The largest absolute Gasteiger partial charge is 0.494 e. The van der Waals surface area contributed by atoms with Gasteiger partial charge in [-0.25, -0.2) is 4.98 Å². The SMILES string of the molecule is CCOc1ccccc1CNc1nnc(CC)c(CC)n1. The van der Waals surface area contributed by atoms with Gasteiger partial charge >= 0.3 is 0 Å². The van der Waals surface area contributed by atoms with Gasteiger partial charge in [0, 0.05) is 12.1 Å². The molecule has 0 aliphatic rings. The molecule has 0 unspecified atom stereocenters. The highest BCUT2D eigenvalue weighted by atomic mass is 16.5. The Morgan fingerprint density at radius 1 is 1.00 bits per heavy atom. The minimum Gasteiger partial charge on any atom is -0.494 e. The molecule has 0 atom stereocenters. The third-order valence-electron chi connectivity index (χ3n) is 3.22. The van der Waals surface area contributed by atoms with Gasteiger partial charge in [-0.2, -0.15) is 5.10 Å². The summed E-state index contributed by atoms with van der Waals surface area (Å²) < 4.78 is 5.61. The second-order valence-corrected chi connectivity index (χ2v) is 4.63. The third kappa shape index (κ3) is 3.90. The molecule has 0 radical (unpaired) electrons. The number of anilines is 1. The molecular formula is C16H22N4O. The molecule has 2 rings (SSSR count). The number of hydrogen-bond donors (Lipinski definition) is 1. The van der Waals surface area contributed by atoms with E-state index in [9.17, 15) is 0 Å². The second kappa shape index (κ2) is 7.57. The van der Waals surface area contributed by atoms with E-state index in [1.165, 1.54) is 0 Å². The van der Waals surface area contributed by atoms with E-state index in [1.54, 1.807) is 0 Å². The summed E-state index contributed by atoms with van der Waals surface area (Å²) >= 11 is 0. The zero-order valence-electron chi connectivity index (χ0n) is 12.9. The van der Waals surface area contributed by atoms with Gasteiger partial charge in [0.1, 0.15) is 5.75 Å². The average molecular weight is 286 g/mol. The second-order valence-electron chi connectivity index (χ2n) is 4.63. The lowest BCUT2D eigenvalue weighted by atomic mass is 10.2. The minimum absolute atomic E-state index is 0.565. The van der Waals surface area contributed by atoms with Crippen LogP contribution in [0.15, 0.2) is 24.3 Å². The molecule has 0 saturated heterocycles. The molecule has 1 aromatic heterocycles. The lowest BCUT2D eigenvalue weighted by Crippen LogP contribution is -2.10. The average Bonchev–Trinajstić information content (AvgIpc) is 2.54. The molecule has 0 fully saturated rings. The van der Waals surface area contributed by atoms with Crippen molar-refractivity contribution in [2.45, 2.75) is 40.2 Å². The lowest BCUT2D eigenvalue weighted by molar-refractivity contribution is 0.337. The maximum atomic E-state index is 5.61. The molecule has 1 N–H and O–H groups in total. The van der Waals surface area contributed by atoms with Crippen LogP contribution in [-0.4, -0.2) is 21.8 Å². The van der Waals surface area contributed by atoms with Crippen molar-refractivity contribution in [3.63, 3.8) is 0 Å². The summed E-state index contributed by atoms with van der Waals surface area (Å²) in [6, 6.07) is 7.97. The number of aryl methyl sites for hydroxylation is 2. The number of aromatic nitrogens is 3. The Hall–Kier alpha value is -2.17. The van der Waals surface area contributed by atoms with Gasteiger partial charge in [0.2, 0.25) is 5.95 Å². The summed E-state index contributed by atoms with van der Waals surface area (Å²) in [5, 5.41) is 11.6. The maximum absolute atomic E-state index is 5.61. The molecule has 5 nitrogen and oxygen atoms in total. The predicted octanol–water partition coefficient (Wildman–Crippen LogP) is 3.01.